The minimum atomic E-state index is -0.0775. The van der Waals surface area contributed by atoms with Crippen LogP contribution in [0.25, 0.3) is 0 Å². The van der Waals surface area contributed by atoms with Crippen molar-refractivity contribution in [2.45, 2.75) is 51.5 Å². The van der Waals surface area contributed by atoms with Gasteiger partial charge in [0.05, 0.1) is 6.61 Å². The average molecular weight is 256 g/mol. The lowest BCUT2D eigenvalue weighted by molar-refractivity contribution is -0.143. The van der Waals surface area contributed by atoms with Crippen LogP contribution in [0.3, 0.4) is 0 Å². The summed E-state index contributed by atoms with van der Waals surface area (Å²) in [5.74, 6) is -0.0775. The molecule has 0 amide bonds. The first kappa shape index (κ1) is 15.4. The van der Waals surface area contributed by atoms with Crippen LogP contribution in [0.15, 0.2) is 0 Å². The minimum absolute atomic E-state index is 0.0775. The van der Waals surface area contributed by atoms with E-state index in [4.69, 9.17) is 4.74 Å². The summed E-state index contributed by atoms with van der Waals surface area (Å²) in [7, 11) is 2.23. The molecule has 1 aliphatic rings. The van der Waals surface area contributed by atoms with E-state index in [1.165, 1.54) is 32.2 Å². The van der Waals surface area contributed by atoms with Crippen molar-refractivity contribution in [2.75, 3.05) is 33.3 Å². The summed E-state index contributed by atoms with van der Waals surface area (Å²) in [6.45, 7) is 5.54. The molecule has 4 heteroatoms. The van der Waals surface area contributed by atoms with E-state index in [1.54, 1.807) is 0 Å². The number of rotatable bonds is 8. The second kappa shape index (κ2) is 9.34. The summed E-state index contributed by atoms with van der Waals surface area (Å²) >= 11 is 0. The molecule has 1 saturated heterocycles. The van der Waals surface area contributed by atoms with Crippen LogP contribution in [0.4, 0.5) is 0 Å². The Kier molecular flexibility index (Phi) is 8.01. The molecule has 0 spiro atoms. The quantitative estimate of drug-likeness (QED) is 0.531. The summed E-state index contributed by atoms with van der Waals surface area (Å²) in [6.07, 6.45) is 6.68. The van der Waals surface area contributed by atoms with Gasteiger partial charge in [0.25, 0.3) is 0 Å². The third kappa shape index (κ3) is 6.36. The van der Waals surface area contributed by atoms with Crippen molar-refractivity contribution >= 4 is 5.97 Å². The van der Waals surface area contributed by atoms with Gasteiger partial charge in [-0.2, -0.15) is 0 Å². The Balaban J connectivity index is 1.93. The topological polar surface area (TPSA) is 41.6 Å². The fourth-order valence-electron chi connectivity index (χ4n) is 2.49. The zero-order valence-electron chi connectivity index (χ0n) is 11.9. The molecule has 18 heavy (non-hydrogen) atoms. The highest BCUT2D eigenvalue weighted by atomic mass is 16.5. The Morgan fingerprint density at radius 2 is 2.22 bits per heavy atom. The number of piperidine rings is 1. The van der Waals surface area contributed by atoms with Crippen LogP contribution in [0, 0.1) is 0 Å². The molecule has 1 fully saturated rings. The van der Waals surface area contributed by atoms with Gasteiger partial charge in [-0.25, -0.2) is 0 Å². The van der Waals surface area contributed by atoms with Crippen molar-refractivity contribution in [3.63, 3.8) is 0 Å². The molecule has 1 unspecified atom stereocenters. The number of hydrogen-bond acceptors (Lipinski definition) is 4. The standard InChI is InChI=1S/C14H28N2O2/c1-3-18-14(17)8-6-10-15-11-9-13-7-4-5-12-16(13)2/h13,15H,3-12H2,1-2H3. The van der Waals surface area contributed by atoms with E-state index in [9.17, 15) is 4.79 Å². The molecule has 0 radical (unpaired) electrons. The van der Waals surface area contributed by atoms with Gasteiger partial charge in [-0.05, 0) is 59.3 Å². The van der Waals surface area contributed by atoms with Crippen LogP contribution in [-0.4, -0.2) is 50.2 Å². The maximum absolute atomic E-state index is 11.1. The van der Waals surface area contributed by atoms with Gasteiger partial charge in [0.15, 0.2) is 0 Å². The van der Waals surface area contributed by atoms with Gasteiger partial charge in [0.2, 0.25) is 0 Å². The normalized spacial score (nSPS) is 20.9. The third-order valence-corrected chi connectivity index (χ3v) is 3.62. The lowest BCUT2D eigenvalue weighted by Gasteiger charge is -2.32. The zero-order chi connectivity index (χ0) is 13.2. The number of hydrogen-bond donors (Lipinski definition) is 1. The largest absolute Gasteiger partial charge is 0.466 e. The van der Waals surface area contributed by atoms with E-state index in [-0.39, 0.29) is 5.97 Å². The van der Waals surface area contributed by atoms with Gasteiger partial charge < -0.3 is 15.0 Å². The summed E-state index contributed by atoms with van der Waals surface area (Å²) in [4.78, 5) is 13.6. The molecular formula is C14H28N2O2. The summed E-state index contributed by atoms with van der Waals surface area (Å²) in [5, 5.41) is 3.42. The first-order valence-corrected chi connectivity index (χ1v) is 7.30. The van der Waals surface area contributed by atoms with Crippen molar-refractivity contribution in [3.8, 4) is 0 Å². The molecule has 0 aromatic heterocycles. The first-order valence-electron chi connectivity index (χ1n) is 7.30. The number of esters is 1. The van der Waals surface area contributed by atoms with Gasteiger partial charge >= 0.3 is 5.97 Å². The maximum Gasteiger partial charge on any atom is 0.305 e. The van der Waals surface area contributed by atoms with E-state index in [1.807, 2.05) is 6.92 Å². The fourth-order valence-corrected chi connectivity index (χ4v) is 2.49. The number of carbonyl (C=O) groups is 1. The molecule has 1 rings (SSSR count). The monoisotopic (exact) mass is 256 g/mol. The molecule has 1 aliphatic heterocycles. The van der Waals surface area contributed by atoms with Crippen molar-refractivity contribution in [1.29, 1.82) is 0 Å². The third-order valence-electron chi connectivity index (χ3n) is 3.62. The number of ether oxygens (including phenoxy) is 1. The Hall–Kier alpha value is -0.610. The van der Waals surface area contributed by atoms with Gasteiger partial charge in [0.1, 0.15) is 0 Å². The Bertz CT molecular complexity index is 234. The first-order chi connectivity index (χ1) is 8.74. The summed E-state index contributed by atoms with van der Waals surface area (Å²) in [5.41, 5.74) is 0. The minimum Gasteiger partial charge on any atom is -0.466 e. The van der Waals surface area contributed by atoms with Crippen molar-refractivity contribution in [3.05, 3.63) is 0 Å². The second-order valence-electron chi connectivity index (χ2n) is 5.08. The van der Waals surface area contributed by atoms with Gasteiger partial charge in [-0.3, -0.25) is 4.79 Å². The van der Waals surface area contributed by atoms with Gasteiger partial charge in [0, 0.05) is 12.5 Å². The van der Waals surface area contributed by atoms with Crippen LogP contribution in [-0.2, 0) is 9.53 Å². The molecule has 0 saturated carbocycles. The predicted octanol–water partition coefficient (Wildman–Crippen LogP) is 1.79. The Morgan fingerprint density at radius 3 is 2.94 bits per heavy atom. The van der Waals surface area contributed by atoms with Crippen LogP contribution in [0.2, 0.25) is 0 Å². The van der Waals surface area contributed by atoms with Gasteiger partial charge in [-0.15, -0.1) is 0 Å². The number of nitrogens with one attached hydrogen (secondary N) is 1. The molecule has 0 aromatic rings. The van der Waals surface area contributed by atoms with Crippen LogP contribution in [0.5, 0.6) is 0 Å². The van der Waals surface area contributed by atoms with E-state index in [2.05, 4.69) is 17.3 Å². The lowest BCUT2D eigenvalue weighted by Crippen LogP contribution is -2.38. The lowest BCUT2D eigenvalue weighted by atomic mass is 10.0. The Labute approximate surface area is 111 Å². The second-order valence-corrected chi connectivity index (χ2v) is 5.08. The molecule has 0 aliphatic carbocycles. The Morgan fingerprint density at radius 1 is 1.39 bits per heavy atom. The number of carbonyl (C=O) groups excluding carboxylic acids is 1. The van der Waals surface area contributed by atoms with Crippen LogP contribution >= 0.6 is 0 Å². The van der Waals surface area contributed by atoms with E-state index in [0.29, 0.717) is 13.0 Å². The van der Waals surface area contributed by atoms with Crippen LogP contribution in [0.1, 0.15) is 45.4 Å². The highest BCUT2D eigenvalue weighted by molar-refractivity contribution is 5.69. The van der Waals surface area contributed by atoms with E-state index >= 15 is 0 Å². The molecule has 1 heterocycles. The summed E-state index contributed by atoms with van der Waals surface area (Å²) < 4.78 is 4.88. The molecule has 1 N–H and O–H groups in total. The number of likely N-dealkylation sites (tertiary alicyclic amines) is 1. The van der Waals surface area contributed by atoms with E-state index < -0.39 is 0 Å². The van der Waals surface area contributed by atoms with Crippen molar-refractivity contribution in [2.24, 2.45) is 0 Å². The molecule has 0 bridgehead atoms. The van der Waals surface area contributed by atoms with Crippen LogP contribution < -0.4 is 5.32 Å². The fraction of sp³-hybridized carbons (Fsp3) is 0.929. The highest BCUT2D eigenvalue weighted by Gasteiger charge is 2.17. The van der Waals surface area contributed by atoms with Crippen molar-refractivity contribution < 1.29 is 9.53 Å². The molecular weight excluding hydrogens is 228 g/mol. The molecule has 106 valence electrons. The van der Waals surface area contributed by atoms with Crippen molar-refractivity contribution in [1.82, 2.24) is 10.2 Å². The number of nitrogens with zero attached hydrogens (tertiary/aromatic N) is 1. The smallest absolute Gasteiger partial charge is 0.305 e. The molecule has 4 nitrogen and oxygen atoms in total. The van der Waals surface area contributed by atoms with Gasteiger partial charge in [-0.1, -0.05) is 6.42 Å². The predicted molar refractivity (Wildman–Crippen MR) is 73.6 cm³/mol. The van der Waals surface area contributed by atoms with E-state index in [0.717, 1.165) is 25.6 Å². The molecule has 1 atom stereocenters. The summed E-state index contributed by atoms with van der Waals surface area (Å²) in [6, 6.07) is 0.747. The molecule has 0 aromatic carbocycles. The zero-order valence-corrected chi connectivity index (χ0v) is 11.9. The highest BCUT2D eigenvalue weighted by Crippen LogP contribution is 2.16. The maximum atomic E-state index is 11.1. The average Bonchev–Trinajstić information content (AvgIpc) is 2.36. The SMILES string of the molecule is CCOC(=O)CCCNCCC1CCCCN1C.